The Labute approximate surface area is 175 Å². The third-order valence-electron chi connectivity index (χ3n) is 4.27. The Morgan fingerprint density at radius 1 is 1.24 bits per heavy atom. The van der Waals surface area contributed by atoms with E-state index < -0.39 is 22.0 Å². The summed E-state index contributed by atoms with van der Waals surface area (Å²) in [6.07, 6.45) is 3.03. The second-order valence-corrected chi connectivity index (χ2v) is 9.02. The van der Waals surface area contributed by atoms with E-state index in [1.165, 1.54) is 11.3 Å². The molecule has 1 aliphatic heterocycles. The van der Waals surface area contributed by atoms with Crippen LogP contribution in [0.15, 0.2) is 73.4 Å². The van der Waals surface area contributed by atoms with Gasteiger partial charge in [-0.05, 0) is 57.9 Å². The summed E-state index contributed by atoms with van der Waals surface area (Å²) in [5.74, 6) is 0.330. The minimum atomic E-state index is -3.41. The first-order valence-corrected chi connectivity index (χ1v) is 11.3. The van der Waals surface area contributed by atoms with Crippen LogP contribution in [0.5, 0.6) is 0 Å². The lowest BCUT2D eigenvalue weighted by Gasteiger charge is -2.18. The topological polar surface area (TPSA) is 105 Å². The lowest BCUT2D eigenvalue weighted by Crippen LogP contribution is -2.26. The van der Waals surface area contributed by atoms with Crippen molar-refractivity contribution < 1.29 is 22.0 Å². The SMILES string of the molecule is CS(=O)(=O)Nc1cccc(C2=NN(C(=O)c3ccc(Br)o3)C(c3ccco3)C2)c1. The molecular formula is C19H16BrN3O5S. The number of hydrogen-bond acceptors (Lipinski definition) is 6. The highest BCUT2D eigenvalue weighted by Gasteiger charge is 2.36. The molecule has 1 unspecified atom stereocenters. The molecule has 0 bridgehead atoms. The molecular weight excluding hydrogens is 462 g/mol. The zero-order valence-electron chi connectivity index (χ0n) is 15.2. The molecule has 0 fully saturated rings. The highest BCUT2D eigenvalue weighted by molar-refractivity contribution is 9.10. The zero-order valence-corrected chi connectivity index (χ0v) is 17.6. The van der Waals surface area contributed by atoms with Gasteiger partial charge in [-0.15, -0.1) is 0 Å². The van der Waals surface area contributed by atoms with Gasteiger partial charge in [-0.1, -0.05) is 12.1 Å². The largest absolute Gasteiger partial charge is 0.467 e. The minimum Gasteiger partial charge on any atom is -0.467 e. The van der Waals surface area contributed by atoms with Gasteiger partial charge < -0.3 is 8.83 Å². The summed E-state index contributed by atoms with van der Waals surface area (Å²) in [5.41, 5.74) is 1.75. The van der Waals surface area contributed by atoms with Crippen LogP contribution in [-0.4, -0.2) is 31.3 Å². The smallest absolute Gasteiger partial charge is 0.310 e. The van der Waals surface area contributed by atoms with Crippen molar-refractivity contribution >= 4 is 43.3 Å². The van der Waals surface area contributed by atoms with Crippen LogP contribution in [0, 0.1) is 0 Å². The maximum atomic E-state index is 13.0. The van der Waals surface area contributed by atoms with Crippen LogP contribution in [0.25, 0.3) is 0 Å². The average Bonchev–Trinajstić information content (AvgIpc) is 3.40. The van der Waals surface area contributed by atoms with Crippen LogP contribution in [0.2, 0.25) is 0 Å². The monoisotopic (exact) mass is 477 g/mol. The first-order valence-electron chi connectivity index (χ1n) is 8.58. The molecule has 29 heavy (non-hydrogen) atoms. The van der Waals surface area contributed by atoms with Gasteiger partial charge in [-0.2, -0.15) is 5.10 Å². The molecule has 0 saturated heterocycles. The van der Waals surface area contributed by atoms with Gasteiger partial charge in [0.05, 0.1) is 18.2 Å². The molecule has 8 nitrogen and oxygen atoms in total. The summed E-state index contributed by atoms with van der Waals surface area (Å²) in [6, 6.07) is 13.1. The van der Waals surface area contributed by atoms with Gasteiger partial charge >= 0.3 is 5.91 Å². The number of carbonyl (C=O) groups is 1. The van der Waals surface area contributed by atoms with Gasteiger partial charge in [0, 0.05) is 12.1 Å². The van der Waals surface area contributed by atoms with E-state index in [0.29, 0.717) is 33.8 Å². The number of hydrogen-bond donors (Lipinski definition) is 1. The summed E-state index contributed by atoms with van der Waals surface area (Å²) in [6.45, 7) is 0. The Hall–Kier alpha value is -2.85. The van der Waals surface area contributed by atoms with E-state index in [9.17, 15) is 13.2 Å². The van der Waals surface area contributed by atoms with Gasteiger partial charge in [0.2, 0.25) is 10.0 Å². The van der Waals surface area contributed by atoms with E-state index in [2.05, 4.69) is 25.8 Å². The fourth-order valence-electron chi connectivity index (χ4n) is 3.09. The van der Waals surface area contributed by atoms with E-state index in [1.54, 1.807) is 42.5 Å². The summed E-state index contributed by atoms with van der Waals surface area (Å²) < 4.78 is 36.8. The van der Waals surface area contributed by atoms with Crippen molar-refractivity contribution in [3.8, 4) is 0 Å². The number of hydrazone groups is 1. The molecule has 3 aromatic rings. The van der Waals surface area contributed by atoms with E-state index in [0.717, 1.165) is 6.26 Å². The second kappa shape index (κ2) is 7.53. The van der Waals surface area contributed by atoms with Gasteiger partial charge in [-0.25, -0.2) is 13.4 Å². The van der Waals surface area contributed by atoms with Crippen LogP contribution >= 0.6 is 15.9 Å². The number of furan rings is 2. The van der Waals surface area contributed by atoms with Crippen molar-refractivity contribution in [2.24, 2.45) is 5.10 Å². The molecule has 1 aromatic carbocycles. The molecule has 150 valence electrons. The third-order valence-corrected chi connectivity index (χ3v) is 5.31. The highest BCUT2D eigenvalue weighted by Crippen LogP contribution is 2.35. The number of amides is 1. The number of nitrogens with one attached hydrogen (secondary N) is 1. The maximum absolute atomic E-state index is 13.0. The molecule has 0 aliphatic carbocycles. The maximum Gasteiger partial charge on any atom is 0.310 e. The van der Waals surface area contributed by atoms with Crippen molar-refractivity contribution in [3.05, 3.63) is 76.5 Å². The third kappa shape index (κ3) is 4.28. The second-order valence-electron chi connectivity index (χ2n) is 6.49. The summed E-state index contributed by atoms with van der Waals surface area (Å²) in [5, 5.41) is 5.84. The first-order chi connectivity index (χ1) is 13.8. The average molecular weight is 478 g/mol. The molecule has 1 N–H and O–H groups in total. The standard InChI is InChI=1S/C19H16BrN3O5S/c1-29(25,26)22-13-5-2-4-12(10-13)14-11-15(16-6-3-9-27-16)23(21-14)19(24)17-7-8-18(20)28-17/h2-10,15,22H,11H2,1H3. The first kappa shape index (κ1) is 19.5. The molecule has 2 aromatic heterocycles. The number of rotatable bonds is 5. The predicted octanol–water partition coefficient (Wildman–Crippen LogP) is 4.00. The Balaban J connectivity index is 1.69. The number of anilines is 1. The van der Waals surface area contributed by atoms with Gasteiger partial charge in [0.25, 0.3) is 0 Å². The zero-order chi connectivity index (χ0) is 20.6. The van der Waals surface area contributed by atoms with E-state index in [1.807, 2.05) is 6.07 Å². The Kier molecular flexibility index (Phi) is 5.05. The predicted molar refractivity (Wildman–Crippen MR) is 110 cm³/mol. The Morgan fingerprint density at radius 3 is 2.72 bits per heavy atom. The Morgan fingerprint density at radius 2 is 2.07 bits per heavy atom. The van der Waals surface area contributed by atoms with Crippen LogP contribution < -0.4 is 4.72 Å². The van der Waals surface area contributed by atoms with Crippen molar-refractivity contribution in [3.63, 3.8) is 0 Å². The lowest BCUT2D eigenvalue weighted by atomic mass is 10.0. The number of carbonyl (C=O) groups excluding carboxylic acids is 1. The summed E-state index contributed by atoms with van der Waals surface area (Å²) >= 11 is 3.20. The molecule has 1 amide bonds. The fraction of sp³-hybridized carbons (Fsp3) is 0.158. The molecule has 0 radical (unpaired) electrons. The van der Waals surface area contributed by atoms with Gasteiger partial charge in [-0.3, -0.25) is 9.52 Å². The van der Waals surface area contributed by atoms with E-state index in [4.69, 9.17) is 8.83 Å². The van der Waals surface area contributed by atoms with Gasteiger partial charge in [0.1, 0.15) is 11.8 Å². The minimum absolute atomic E-state index is 0.144. The van der Waals surface area contributed by atoms with Crippen molar-refractivity contribution in [1.29, 1.82) is 0 Å². The molecule has 0 spiro atoms. The number of halogens is 1. The van der Waals surface area contributed by atoms with Crippen LogP contribution in [0.1, 0.15) is 34.3 Å². The van der Waals surface area contributed by atoms with Crippen LogP contribution in [-0.2, 0) is 10.0 Å². The van der Waals surface area contributed by atoms with E-state index >= 15 is 0 Å². The molecule has 4 rings (SSSR count). The van der Waals surface area contributed by atoms with Crippen molar-refractivity contribution in [1.82, 2.24) is 5.01 Å². The van der Waals surface area contributed by atoms with Crippen LogP contribution in [0.3, 0.4) is 0 Å². The summed E-state index contributed by atoms with van der Waals surface area (Å²) in [7, 11) is -3.41. The normalized spacial score (nSPS) is 16.7. The highest BCUT2D eigenvalue weighted by atomic mass is 79.9. The van der Waals surface area contributed by atoms with Crippen molar-refractivity contribution in [2.45, 2.75) is 12.5 Å². The molecule has 1 atom stereocenters. The Bertz CT molecular complexity index is 1180. The molecule has 1 aliphatic rings. The summed E-state index contributed by atoms with van der Waals surface area (Å²) in [4.78, 5) is 13.0. The van der Waals surface area contributed by atoms with Crippen molar-refractivity contribution in [2.75, 3.05) is 11.0 Å². The molecule has 3 heterocycles. The quantitative estimate of drug-likeness (QED) is 0.597. The molecule has 0 saturated carbocycles. The van der Waals surface area contributed by atoms with Crippen LogP contribution in [0.4, 0.5) is 5.69 Å². The fourth-order valence-corrected chi connectivity index (χ4v) is 3.95. The number of sulfonamides is 1. The van der Waals surface area contributed by atoms with Gasteiger partial charge in [0.15, 0.2) is 10.4 Å². The lowest BCUT2D eigenvalue weighted by molar-refractivity contribution is 0.0659. The molecule has 10 heteroatoms. The number of benzene rings is 1. The number of nitrogens with zero attached hydrogens (tertiary/aromatic N) is 2. The van der Waals surface area contributed by atoms with E-state index in [-0.39, 0.29) is 5.76 Å².